The zero-order valence-electron chi connectivity index (χ0n) is 16.6. The van der Waals surface area contributed by atoms with E-state index in [-0.39, 0.29) is 13.0 Å². The van der Waals surface area contributed by atoms with Gasteiger partial charge in [0.2, 0.25) is 0 Å². The molecule has 0 N–H and O–H groups in total. The van der Waals surface area contributed by atoms with Gasteiger partial charge in [-0.05, 0) is 61.8 Å². The minimum Gasteiger partial charge on any atom is -0.464 e. The number of amides is 2. The Bertz CT molecular complexity index is 487. The summed E-state index contributed by atoms with van der Waals surface area (Å²) in [5, 5.41) is 0. The third-order valence-electron chi connectivity index (χ3n) is 2.90. The summed E-state index contributed by atoms with van der Waals surface area (Å²) in [5.41, 5.74) is -3.36. The largest absolute Gasteiger partial charge is 0.464 e. The number of carbonyl (C=O) groups is 3. The van der Waals surface area contributed by atoms with Crippen molar-refractivity contribution < 1.29 is 28.6 Å². The van der Waals surface area contributed by atoms with E-state index < -0.39 is 34.9 Å². The molecule has 0 saturated carbocycles. The fourth-order valence-corrected chi connectivity index (χ4v) is 1.93. The molecule has 0 radical (unpaired) electrons. The molecule has 0 saturated heterocycles. The molecular formula is C18H31NO6. The molecule has 0 heterocycles. The minimum absolute atomic E-state index is 0.00960. The number of rotatable bonds is 5. The third kappa shape index (κ3) is 7.15. The van der Waals surface area contributed by atoms with Crippen LogP contribution < -0.4 is 0 Å². The zero-order valence-corrected chi connectivity index (χ0v) is 16.6. The smallest absolute Gasteiger partial charge is 0.420 e. The summed E-state index contributed by atoms with van der Waals surface area (Å²) in [6, 6.07) is 0. The predicted octanol–water partition coefficient (Wildman–Crippen LogP) is 4.06. The molecule has 0 aliphatic heterocycles. The highest BCUT2D eigenvalue weighted by molar-refractivity contribution is 5.96. The normalized spacial score (nSPS) is 14.1. The van der Waals surface area contributed by atoms with Crippen molar-refractivity contribution >= 4 is 18.2 Å². The molecule has 0 aromatic heterocycles. The Kier molecular flexibility index (Phi) is 7.67. The van der Waals surface area contributed by atoms with Crippen LogP contribution in [0.4, 0.5) is 9.59 Å². The molecule has 0 aliphatic rings. The molecule has 2 amide bonds. The van der Waals surface area contributed by atoms with Crippen molar-refractivity contribution in [1.29, 1.82) is 0 Å². The number of hydrogen-bond acceptors (Lipinski definition) is 6. The first-order chi connectivity index (χ1) is 11.2. The number of esters is 1. The van der Waals surface area contributed by atoms with Crippen LogP contribution in [0.2, 0.25) is 0 Å². The van der Waals surface area contributed by atoms with E-state index in [9.17, 15) is 14.4 Å². The number of ether oxygens (including phenoxy) is 3. The first kappa shape index (κ1) is 22.9. The highest BCUT2D eigenvalue weighted by Gasteiger charge is 2.49. The van der Waals surface area contributed by atoms with Gasteiger partial charge in [-0.2, -0.15) is 4.90 Å². The maximum Gasteiger partial charge on any atom is 0.420 e. The van der Waals surface area contributed by atoms with E-state index in [4.69, 9.17) is 14.2 Å². The van der Waals surface area contributed by atoms with Crippen molar-refractivity contribution in [3.63, 3.8) is 0 Å². The number of imide groups is 1. The molecule has 0 fully saturated rings. The Labute approximate surface area is 150 Å². The predicted molar refractivity (Wildman–Crippen MR) is 94.2 cm³/mol. The van der Waals surface area contributed by atoms with E-state index in [2.05, 4.69) is 6.58 Å². The summed E-state index contributed by atoms with van der Waals surface area (Å²) < 4.78 is 15.7. The highest BCUT2D eigenvalue weighted by Crippen LogP contribution is 2.27. The monoisotopic (exact) mass is 357 g/mol. The zero-order chi connectivity index (χ0) is 20.1. The lowest BCUT2D eigenvalue weighted by atomic mass is 9.96. The van der Waals surface area contributed by atoms with E-state index >= 15 is 0 Å². The topological polar surface area (TPSA) is 82.1 Å². The Morgan fingerprint density at radius 3 is 1.60 bits per heavy atom. The molecule has 0 aliphatic carbocycles. The van der Waals surface area contributed by atoms with Crippen LogP contribution in [0.3, 0.4) is 0 Å². The quantitative estimate of drug-likeness (QED) is 0.419. The molecule has 25 heavy (non-hydrogen) atoms. The standard InChI is InChI=1S/C18H31NO6/c1-10-12-18(9,13(20)23-11-2)19(14(21)24-16(3,4)5)15(22)25-17(6,7)8/h10H,1,11-12H2,2-9H3/t18-/m1/s1. The average molecular weight is 357 g/mol. The summed E-state index contributed by atoms with van der Waals surface area (Å²) in [6.07, 6.45) is -0.554. The van der Waals surface area contributed by atoms with E-state index in [1.807, 2.05) is 0 Å². The van der Waals surface area contributed by atoms with Crippen LogP contribution in [0.5, 0.6) is 0 Å². The molecule has 144 valence electrons. The Morgan fingerprint density at radius 1 is 0.920 bits per heavy atom. The summed E-state index contributed by atoms with van der Waals surface area (Å²) in [7, 11) is 0. The molecule has 1 atom stereocenters. The second-order valence-corrected chi connectivity index (χ2v) is 7.78. The van der Waals surface area contributed by atoms with Gasteiger partial charge in [-0.3, -0.25) is 0 Å². The fourth-order valence-electron chi connectivity index (χ4n) is 1.93. The van der Waals surface area contributed by atoms with Crippen molar-refractivity contribution in [1.82, 2.24) is 4.90 Å². The molecule has 0 spiro atoms. The van der Waals surface area contributed by atoms with Gasteiger partial charge in [0.15, 0.2) is 5.54 Å². The molecule has 7 heteroatoms. The minimum atomic E-state index is -1.64. The van der Waals surface area contributed by atoms with Crippen molar-refractivity contribution in [3.05, 3.63) is 12.7 Å². The van der Waals surface area contributed by atoms with Crippen molar-refractivity contribution in [2.45, 2.75) is 78.6 Å². The molecule has 0 aromatic carbocycles. The third-order valence-corrected chi connectivity index (χ3v) is 2.90. The van der Waals surface area contributed by atoms with Crippen LogP contribution in [0, 0.1) is 0 Å². The van der Waals surface area contributed by atoms with Gasteiger partial charge in [-0.15, -0.1) is 6.58 Å². The summed E-state index contributed by atoms with van der Waals surface area (Å²) >= 11 is 0. The van der Waals surface area contributed by atoms with Crippen LogP contribution >= 0.6 is 0 Å². The second-order valence-electron chi connectivity index (χ2n) is 7.78. The molecule has 0 unspecified atom stereocenters. The summed E-state index contributed by atoms with van der Waals surface area (Å²) in [4.78, 5) is 38.5. The van der Waals surface area contributed by atoms with Crippen molar-refractivity contribution in [3.8, 4) is 0 Å². The van der Waals surface area contributed by atoms with E-state index in [1.165, 1.54) is 13.0 Å². The molecular weight excluding hydrogens is 326 g/mol. The van der Waals surface area contributed by atoms with Gasteiger partial charge >= 0.3 is 18.2 Å². The molecule has 0 rings (SSSR count). The van der Waals surface area contributed by atoms with Gasteiger partial charge < -0.3 is 14.2 Å². The maximum atomic E-state index is 12.7. The second kappa shape index (κ2) is 8.36. The van der Waals surface area contributed by atoms with E-state index in [0.717, 1.165) is 0 Å². The lowest BCUT2D eigenvalue weighted by molar-refractivity contribution is -0.156. The van der Waals surface area contributed by atoms with Crippen molar-refractivity contribution in [2.75, 3.05) is 6.61 Å². The average Bonchev–Trinajstić information content (AvgIpc) is 2.34. The van der Waals surface area contributed by atoms with E-state index in [0.29, 0.717) is 4.90 Å². The van der Waals surface area contributed by atoms with Crippen LogP contribution in [0.15, 0.2) is 12.7 Å². The van der Waals surface area contributed by atoms with Gasteiger partial charge in [0.25, 0.3) is 0 Å². The number of nitrogens with zero attached hydrogens (tertiary/aromatic N) is 1. The maximum absolute atomic E-state index is 12.7. The highest BCUT2D eigenvalue weighted by atomic mass is 16.6. The first-order valence-corrected chi connectivity index (χ1v) is 8.22. The Morgan fingerprint density at radius 2 is 1.32 bits per heavy atom. The number of carbonyl (C=O) groups excluding carboxylic acids is 3. The van der Waals surface area contributed by atoms with Gasteiger partial charge in [0.1, 0.15) is 11.2 Å². The molecule has 7 nitrogen and oxygen atoms in total. The lowest BCUT2D eigenvalue weighted by Crippen LogP contribution is -2.59. The van der Waals surface area contributed by atoms with Crippen LogP contribution in [-0.2, 0) is 19.0 Å². The summed E-state index contributed by atoms with van der Waals surface area (Å²) in [6.45, 7) is 16.7. The van der Waals surface area contributed by atoms with Gasteiger partial charge in [0, 0.05) is 0 Å². The van der Waals surface area contributed by atoms with Crippen LogP contribution in [0.25, 0.3) is 0 Å². The van der Waals surface area contributed by atoms with E-state index in [1.54, 1.807) is 48.5 Å². The van der Waals surface area contributed by atoms with Crippen LogP contribution in [-0.4, -0.2) is 46.4 Å². The van der Waals surface area contributed by atoms with Gasteiger partial charge in [0.05, 0.1) is 6.61 Å². The summed E-state index contributed by atoms with van der Waals surface area (Å²) in [5.74, 6) is -0.744. The molecule has 0 bridgehead atoms. The van der Waals surface area contributed by atoms with Crippen LogP contribution in [0.1, 0.15) is 61.8 Å². The number of hydrogen-bond donors (Lipinski definition) is 0. The fraction of sp³-hybridized carbons (Fsp3) is 0.722. The van der Waals surface area contributed by atoms with Gasteiger partial charge in [-0.1, -0.05) is 6.08 Å². The Hall–Kier alpha value is -2.05. The van der Waals surface area contributed by atoms with Crippen molar-refractivity contribution in [2.24, 2.45) is 0 Å². The SMILES string of the molecule is C=CC[C@](C)(C(=O)OCC)N(C(=O)OC(C)(C)C)C(=O)OC(C)(C)C. The Balaban J connectivity index is 6.03. The first-order valence-electron chi connectivity index (χ1n) is 8.22. The molecule has 0 aromatic rings. The lowest BCUT2D eigenvalue weighted by Gasteiger charge is -2.38. The van der Waals surface area contributed by atoms with Gasteiger partial charge in [-0.25, -0.2) is 14.4 Å².